The Morgan fingerprint density at radius 1 is 1.40 bits per heavy atom. The minimum Gasteiger partial charge on any atom is -0.399 e. The summed E-state index contributed by atoms with van der Waals surface area (Å²) in [6, 6.07) is 6.63. The Morgan fingerprint density at radius 3 is 2.95 bits per heavy atom. The van der Waals surface area contributed by atoms with Crippen molar-refractivity contribution < 1.29 is 0 Å². The van der Waals surface area contributed by atoms with Crippen molar-refractivity contribution in [2.75, 3.05) is 36.8 Å². The van der Waals surface area contributed by atoms with Gasteiger partial charge in [-0.25, -0.2) is 4.98 Å². The molecule has 5 heteroatoms. The number of thiazole rings is 1. The van der Waals surface area contributed by atoms with Crippen molar-refractivity contribution in [1.29, 1.82) is 0 Å². The molecule has 0 bridgehead atoms. The topological polar surface area (TPSA) is 45.4 Å². The zero-order valence-electron chi connectivity index (χ0n) is 12.2. The molecule has 0 saturated carbocycles. The molecule has 3 rings (SSSR count). The van der Waals surface area contributed by atoms with E-state index >= 15 is 0 Å². The van der Waals surface area contributed by atoms with Gasteiger partial charge in [-0.15, -0.1) is 0 Å². The predicted molar refractivity (Wildman–Crippen MR) is 87.6 cm³/mol. The van der Waals surface area contributed by atoms with Crippen molar-refractivity contribution in [3.63, 3.8) is 0 Å². The van der Waals surface area contributed by atoms with Crippen molar-refractivity contribution in [1.82, 2.24) is 9.88 Å². The molecule has 1 saturated heterocycles. The van der Waals surface area contributed by atoms with Gasteiger partial charge in [0.05, 0.1) is 10.2 Å². The molecule has 2 N–H and O–H groups in total. The molecule has 1 unspecified atom stereocenters. The first-order valence-electron chi connectivity index (χ1n) is 7.36. The molecule has 1 fully saturated rings. The number of aromatic nitrogens is 1. The Balaban J connectivity index is 1.79. The van der Waals surface area contributed by atoms with Crippen LogP contribution < -0.4 is 10.6 Å². The number of nitrogens with two attached hydrogens (primary N) is 1. The molecular weight excluding hydrogens is 268 g/mol. The van der Waals surface area contributed by atoms with Crippen molar-refractivity contribution in [3.05, 3.63) is 18.2 Å². The molecule has 20 heavy (non-hydrogen) atoms. The number of hydrogen-bond donors (Lipinski definition) is 1. The number of nitrogens with zero attached hydrogens (tertiary/aromatic N) is 3. The first kappa shape index (κ1) is 13.6. The second-order valence-electron chi connectivity index (χ2n) is 5.33. The highest BCUT2D eigenvalue weighted by Gasteiger charge is 2.27. The summed E-state index contributed by atoms with van der Waals surface area (Å²) in [6.07, 6.45) is 1.24. The molecule has 0 spiro atoms. The third-order valence-corrected chi connectivity index (χ3v) is 5.24. The highest BCUT2D eigenvalue weighted by molar-refractivity contribution is 7.22. The van der Waals surface area contributed by atoms with Gasteiger partial charge in [-0.1, -0.05) is 25.2 Å². The maximum atomic E-state index is 5.84. The van der Waals surface area contributed by atoms with E-state index in [0.29, 0.717) is 6.04 Å². The summed E-state index contributed by atoms with van der Waals surface area (Å²) in [6.45, 7) is 8.95. The zero-order chi connectivity index (χ0) is 14.1. The number of hydrogen-bond acceptors (Lipinski definition) is 5. The van der Waals surface area contributed by atoms with Gasteiger partial charge < -0.3 is 10.6 Å². The quantitative estimate of drug-likeness (QED) is 0.880. The summed E-state index contributed by atoms with van der Waals surface area (Å²) >= 11 is 1.75. The number of benzene rings is 1. The normalized spacial score (nSPS) is 19.4. The Bertz CT molecular complexity index is 591. The van der Waals surface area contributed by atoms with Crippen LogP contribution in [0.25, 0.3) is 10.2 Å². The number of anilines is 2. The molecule has 2 aromatic rings. The number of likely N-dealkylation sites (N-methyl/N-ethyl adjacent to an activating group) is 1. The standard InChI is InChI=1S/C15H22N4S/c1-3-18(4-2)12-7-8-19(10-12)15-17-13-6-5-11(16)9-14(13)20-15/h5-6,9,12H,3-4,7-8,10,16H2,1-2H3. The summed E-state index contributed by atoms with van der Waals surface area (Å²) in [4.78, 5) is 9.72. The molecule has 0 radical (unpaired) electrons. The lowest BCUT2D eigenvalue weighted by Gasteiger charge is -2.25. The van der Waals surface area contributed by atoms with Crippen molar-refractivity contribution in [2.24, 2.45) is 0 Å². The lowest BCUT2D eigenvalue weighted by Crippen LogP contribution is -2.37. The molecule has 1 aromatic carbocycles. The molecule has 4 nitrogen and oxygen atoms in total. The average Bonchev–Trinajstić information content (AvgIpc) is 3.06. The van der Waals surface area contributed by atoms with E-state index in [1.165, 1.54) is 11.1 Å². The van der Waals surface area contributed by atoms with Crippen LogP contribution in [0.3, 0.4) is 0 Å². The van der Waals surface area contributed by atoms with E-state index in [-0.39, 0.29) is 0 Å². The van der Waals surface area contributed by atoms with Gasteiger partial charge in [0.25, 0.3) is 0 Å². The van der Waals surface area contributed by atoms with Crippen molar-refractivity contribution >= 4 is 32.4 Å². The van der Waals surface area contributed by atoms with E-state index in [1.54, 1.807) is 11.3 Å². The van der Waals surface area contributed by atoms with E-state index in [4.69, 9.17) is 10.7 Å². The van der Waals surface area contributed by atoms with Crippen LogP contribution in [-0.4, -0.2) is 42.1 Å². The van der Waals surface area contributed by atoms with Gasteiger partial charge in [-0.3, -0.25) is 4.90 Å². The fourth-order valence-corrected chi connectivity index (χ4v) is 4.07. The van der Waals surface area contributed by atoms with Crippen LogP contribution >= 0.6 is 11.3 Å². The molecular formula is C15H22N4S. The largest absolute Gasteiger partial charge is 0.399 e. The summed E-state index contributed by atoms with van der Waals surface area (Å²) in [5.74, 6) is 0. The average molecular weight is 290 g/mol. The minimum absolute atomic E-state index is 0.669. The van der Waals surface area contributed by atoms with Gasteiger partial charge in [0, 0.05) is 24.8 Å². The molecule has 1 aliphatic heterocycles. The van der Waals surface area contributed by atoms with Gasteiger partial charge in [-0.05, 0) is 37.7 Å². The summed E-state index contributed by atoms with van der Waals surface area (Å²) < 4.78 is 1.19. The number of fused-ring (bicyclic) bond motifs is 1. The molecule has 2 heterocycles. The molecule has 0 amide bonds. The first-order chi connectivity index (χ1) is 9.71. The fourth-order valence-electron chi connectivity index (χ4n) is 3.02. The Hall–Kier alpha value is -1.33. The molecule has 0 aliphatic carbocycles. The fraction of sp³-hybridized carbons (Fsp3) is 0.533. The van der Waals surface area contributed by atoms with Gasteiger partial charge >= 0.3 is 0 Å². The Labute approximate surface area is 124 Å². The maximum absolute atomic E-state index is 5.84. The molecule has 1 atom stereocenters. The first-order valence-corrected chi connectivity index (χ1v) is 8.18. The second kappa shape index (κ2) is 5.58. The third kappa shape index (κ3) is 2.47. The van der Waals surface area contributed by atoms with Crippen LogP contribution in [-0.2, 0) is 0 Å². The van der Waals surface area contributed by atoms with E-state index in [9.17, 15) is 0 Å². The molecule has 1 aliphatic rings. The van der Waals surface area contributed by atoms with Crippen LogP contribution in [0, 0.1) is 0 Å². The van der Waals surface area contributed by atoms with Gasteiger partial charge in [0.1, 0.15) is 0 Å². The van der Waals surface area contributed by atoms with Gasteiger partial charge in [0.15, 0.2) is 5.13 Å². The van der Waals surface area contributed by atoms with Gasteiger partial charge in [0.2, 0.25) is 0 Å². The molecule has 1 aromatic heterocycles. The van der Waals surface area contributed by atoms with E-state index in [0.717, 1.165) is 42.5 Å². The second-order valence-corrected chi connectivity index (χ2v) is 6.34. The highest BCUT2D eigenvalue weighted by atomic mass is 32.1. The van der Waals surface area contributed by atoms with Crippen LogP contribution in [0.4, 0.5) is 10.8 Å². The van der Waals surface area contributed by atoms with E-state index in [2.05, 4.69) is 23.6 Å². The van der Waals surface area contributed by atoms with Crippen molar-refractivity contribution in [3.8, 4) is 0 Å². The van der Waals surface area contributed by atoms with Gasteiger partial charge in [-0.2, -0.15) is 0 Å². The van der Waals surface area contributed by atoms with Crippen LogP contribution in [0.2, 0.25) is 0 Å². The number of nitrogen functional groups attached to an aromatic ring is 1. The lowest BCUT2D eigenvalue weighted by atomic mass is 10.2. The van der Waals surface area contributed by atoms with Crippen LogP contribution in [0.5, 0.6) is 0 Å². The molecule has 108 valence electrons. The zero-order valence-corrected chi connectivity index (χ0v) is 13.0. The summed E-state index contributed by atoms with van der Waals surface area (Å²) in [7, 11) is 0. The third-order valence-electron chi connectivity index (χ3n) is 4.16. The van der Waals surface area contributed by atoms with E-state index in [1.807, 2.05) is 18.2 Å². The van der Waals surface area contributed by atoms with Crippen LogP contribution in [0.1, 0.15) is 20.3 Å². The monoisotopic (exact) mass is 290 g/mol. The van der Waals surface area contributed by atoms with E-state index < -0.39 is 0 Å². The van der Waals surface area contributed by atoms with Crippen molar-refractivity contribution in [2.45, 2.75) is 26.3 Å². The maximum Gasteiger partial charge on any atom is 0.186 e. The number of rotatable bonds is 4. The summed E-state index contributed by atoms with van der Waals surface area (Å²) in [5, 5.41) is 1.14. The highest BCUT2D eigenvalue weighted by Crippen LogP contribution is 2.32. The summed E-state index contributed by atoms with van der Waals surface area (Å²) in [5.41, 5.74) is 7.72. The minimum atomic E-state index is 0.669. The Morgan fingerprint density at radius 2 is 2.20 bits per heavy atom. The lowest BCUT2D eigenvalue weighted by molar-refractivity contribution is 0.232. The van der Waals surface area contributed by atoms with Crippen LogP contribution in [0.15, 0.2) is 18.2 Å². The SMILES string of the molecule is CCN(CC)C1CCN(c2nc3ccc(N)cc3s2)C1. The predicted octanol–water partition coefficient (Wildman–Crippen LogP) is 2.80. The smallest absolute Gasteiger partial charge is 0.186 e. The Kier molecular flexibility index (Phi) is 3.81.